The maximum Gasteiger partial charge on any atom is 0.305 e. The second-order valence-electron chi connectivity index (χ2n) is 4.52. The molecule has 4 N–H and O–H groups in total. The Morgan fingerprint density at radius 2 is 2.00 bits per heavy atom. The van der Waals surface area contributed by atoms with E-state index in [1.807, 2.05) is 0 Å². The van der Waals surface area contributed by atoms with Crippen LogP contribution in [0.15, 0.2) is 0 Å². The van der Waals surface area contributed by atoms with Crippen molar-refractivity contribution in [2.75, 3.05) is 19.7 Å². The van der Waals surface area contributed by atoms with E-state index in [2.05, 4.69) is 10.6 Å². The standard InChI is InChI=1S/C9H16N2O3/c12-6-8(1-2-8)11-9(3-7(13)14)4-10-5-9/h10-12H,1-6H2,(H,13,14). The van der Waals surface area contributed by atoms with Gasteiger partial charge >= 0.3 is 5.97 Å². The molecule has 2 aliphatic rings. The molecular formula is C9H16N2O3. The SMILES string of the molecule is O=C(O)CC1(NC2(CO)CC2)CNC1. The molecule has 0 amide bonds. The van der Waals surface area contributed by atoms with Crippen LogP contribution in [-0.2, 0) is 4.79 Å². The first-order valence-electron chi connectivity index (χ1n) is 4.93. The molecular weight excluding hydrogens is 184 g/mol. The van der Waals surface area contributed by atoms with Gasteiger partial charge in [0, 0.05) is 18.6 Å². The first-order chi connectivity index (χ1) is 6.60. The number of hydrogen-bond acceptors (Lipinski definition) is 4. The number of carbonyl (C=O) groups is 1. The summed E-state index contributed by atoms with van der Waals surface area (Å²) < 4.78 is 0. The molecule has 0 radical (unpaired) electrons. The molecule has 1 heterocycles. The Bertz CT molecular complexity index is 246. The van der Waals surface area contributed by atoms with Crippen molar-refractivity contribution in [3.8, 4) is 0 Å². The zero-order valence-electron chi connectivity index (χ0n) is 8.05. The van der Waals surface area contributed by atoms with Gasteiger partial charge in [0.2, 0.25) is 0 Å². The van der Waals surface area contributed by atoms with Crippen LogP contribution in [-0.4, -0.2) is 47.0 Å². The van der Waals surface area contributed by atoms with Gasteiger partial charge in [-0.3, -0.25) is 4.79 Å². The molecule has 2 fully saturated rings. The van der Waals surface area contributed by atoms with E-state index < -0.39 is 5.97 Å². The van der Waals surface area contributed by atoms with Crippen molar-refractivity contribution in [3.63, 3.8) is 0 Å². The van der Waals surface area contributed by atoms with Crippen molar-refractivity contribution >= 4 is 5.97 Å². The van der Waals surface area contributed by atoms with Gasteiger partial charge in [0.05, 0.1) is 18.6 Å². The summed E-state index contributed by atoms with van der Waals surface area (Å²) in [7, 11) is 0. The zero-order valence-corrected chi connectivity index (χ0v) is 8.05. The number of carboxylic acids is 1. The van der Waals surface area contributed by atoms with Crippen molar-refractivity contribution < 1.29 is 15.0 Å². The van der Waals surface area contributed by atoms with E-state index in [1.165, 1.54) is 0 Å². The fourth-order valence-corrected chi connectivity index (χ4v) is 2.01. The molecule has 1 aliphatic carbocycles. The minimum absolute atomic E-state index is 0.106. The van der Waals surface area contributed by atoms with Crippen LogP contribution < -0.4 is 10.6 Å². The highest BCUT2D eigenvalue weighted by atomic mass is 16.4. The fourth-order valence-electron chi connectivity index (χ4n) is 2.01. The third kappa shape index (κ3) is 1.75. The highest BCUT2D eigenvalue weighted by Crippen LogP contribution is 2.38. The molecule has 0 aromatic heterocycles. The van der Waals surface area contributed by atoms with Crippen LogP contribution in [0.3, 0.4) is 0 Å². The van der Waals surface area contributed by atoms with Crippen molar-refractivity contribution in [3.05, 3.63) is 0 Å². The quantitative estimate of drug-likeness (QED) is 0.454. The summed E-state index contributed by atoms with van der Waals surface area (Å²) in [5, 5.41) is 24.3. The van der Waals surface area contributed by atoms with E-state index in [0.29, 0.717) is 13.1 Å². The zero-order chi connectivity index (χ0) is 10.2. The van der Waals surface area contributed by atoms with Crippen LogP contribution in [0.25, 0.3) is 0 Å². The highest BCUT2D eigenvalue weighted by Gasteiger charge is 2.50. The van der Waals surface area contributed by atoms with Crippen LogP contribution in [0.4, 0.5) is 0 Å². The molecule has 80 valence electrons. The van der Waals surface area contributed by atoms with Gasteiger partial charge in [0.15, 0.2) is 0 Å². The van der Waals surface area contributed by atoms with Crippen molar-refractivity contribution in [1.29, 1.82) is 0 Å². The average Bonchev–Trinajstić information content (AvgIpc) is 2.81. The lowest BCUT2D eigenvalue weighted by molar-refractivity contribution is -0.139. The van der Waals surface area contributed by atoms with E-state index in [9.17, 15) is 4.79 Å². The maximum absolute atomic E-state index is 10.7. The van der Waals surface area contributed by atoms with Crippen molar-refractivity contribution in [2.24, 2.45) is 0 Å². The molecule has 1 saturated carbocycles. The monoisotopic (exact) mass is 200 g/mol. The lowest BCUT2D eigenvalue weighted by Crippen LogP contribution is -2.71. The topological polar surface area (TPSA) is 81.6 Å². The molecule has 0 aromatic rings. The molecule has 0 spiro atoms. The third-order valence-corrected chi connectivity index (χ3v) is 3.10. The number of hydrogen-bond donors (Lipinski definition) is 4. The van der Waals surface area contributed by atoms with Gasteiger partial charge in [0.1, 0.15) is 0 Å². The predicted molar refractivity (Wildman–Crippen MR) is 50.0 cm³/mol. The Morgan fingerprint density at radius 3 is 2.29 bits per heavy atom. The summed E-state index contributed by atoms with van der Waals surface area (Å²) in [5.41, 5.74) is -0.511. The number of aliphatic hydroxyl groups excluding tert-OH is 1. The summed E-state index contributed by atoms with van der Waals surface area (Å²) in [6.07, 6.45) is 2.03. The van der Waals surface area contributed by atoms with E-state index in [4.69, 9.17) is 10.2 Å². The van der Waals surface area contributed by atoms with Crippen molar-refractivity contribution in [1.82, 2.24) is 10.6 Å². The maximum atomic E-state index is 10.7. The highest BCUT2D eigenvalue weighted by molar-refractivity contribution is 5.69. The Kier molecular flexibility index (Phi) is 2.25. The largest absolute Gasteiger partial charge is 0.481 e. The molecule has 5 heteroatoms. The van der Waals surface area contributed by atoms with Crippen LogP contribution in [0.5, 0.6) is 0 Å². The van der Waals surface area contributed by atoms with Crippen LogP contribution in [0.2, 0.25) is 0 Å². The Labute approximate surface area is 82.5 Å². The second-order valence-corrected chi connectivity index (χ2v) is 4.52. The van der Waals surface area contributed by atoms with E-state index in [-0.39, 0.29) is 24.1 Å². The number of carboxylic acid groups (broad SMARTS) is 1. The molecule has 0 unspecified atom stereocenters. The van der Waals surface area contributed by atoms with E-state index in [0.717, 1.165) is 12.8 Å². The van der Waals surface area contributed by atoms with Gasteiger partial charge in [0.25, 0.3) is 0 Å². The van der Waals surface area contributed by atoms with E-state index in [1.54, 1.807) is 0 Å². The van der Waals surface area contributed by atoms with Gasteiger partial charge in [-0.25, -0.2) is 0 Å². The number of nitrogens with one attached hydrogen (secondary N) is 2. The molecule has 0 bridgehead atoms. The number of aliphatic hydroxyl groups is 1. The normalized spacial score (nSPS) is 26.6. The Hall–Kier alpha value is -0.650. The first kappa shape index (κ1) is 9.89. The van der Waals surface area contributed by atoms with Gasteiger partial charge in [-0.05, 0) is 12.8 Å². The summed E-state index contributed by atoms with van der Waals surface area (Å²) in [6.45, 7) is 1.47. The molecule has 1 saturated heterocycles. The average molecular weight is 200 g/mol. The van der Waals surface area contributed by atoms with Crippen LogP contribution >= 0.6 is 0 Å². The molecule has 0 aromatic carbocycles. The molecule has 14 heavy (non-hydrogen) atoms. The lowest BCUT2D eigenvalue weighted by Gasteiger charge is -2.45. The first-order valence-corrected chi connectivity index (χ1v) is 4.93. The predicted octanol–water partition coefficient (Wildman–Crippen LogP) is -1.08. The molecule has 2 rings (SSSR count). The van der Waals surface area contributed by atoms with Gasteiger partial charge < -0.3 is 20.8 Å². The molecule has 0 atom stereocenters. The fraction of sp³-hybridized carbons (Fsp3) is 0.889. The molecule has 1 aliphatic heterocycles. The van der Waals surface area contributed by atoms with Gasteiger partial charge in [-0.15, -0.1) is 0 Å². The second kappa shape index (κ2) is 3.18. The summed E-state index contributed by atoms with van der Waals surface area (Å²) >= 11 is 0. The Morgan fingerprint density at radius 1 is 1.36 bits per heavy atom. The number of rotatable bonds is 5. The minimum atomic E-state index is -0.785. The smallest absolute Gasteiger partial charge is 0.305 e. The molecule has 5 nitrogen and oxygen atoms in total. The Balaban J connectivity index is 1.95. The summed E-state index contributed by atoms with van der Waals surface area (Å²) in [6, 6.07) is 0. The summed E-state index contributed by atoms with van der Waals surface area (Å²) in [4.78, 5) is 10.7. The van der Waals surface area contributed by atoms with Crippen LogP contribution in [0.1, 0.15) is 19.3 Å². The van der Waals surface area contributed by atoms with Crippen LogP contribution in [0, 0.1) is 0 Å². The minimum Gasteiger partial charge on any atom is -0.481 e. The number of aliphatic carboxylic acids is 1. The van der Waals surface area contributed by atoms with Gasteiger partial charge in [-0.1, -0.05) is 0 Å². The lowest BCUT2D eigenvalue weighted by atomic mass is 9.87. The summed E-state index contributed by atoms with van der Waals surface area (Å²) in [5.74, 6) is -0.785. The van der Waals surface area contributed by atoms with Gasteiger partial charge in [-0.2, -0.15) is 0 Å². The van der Waals surface area contributed by atoms with Crippen molar-refractivity contribution in [2.45, 2.75) is 30.3 Å². The van der Waals surface area contributed by atoms with E-state index >= 15 is 0 Å². The third-order valence-electron chi connectivity index (χ3n) is 3.10.